The van der Waals surface area contributed by atoms with E-state index in [0.29, 0.717) is 6.04 Å². The van der Waals surface area contributed by atoms with Crippen LogP contribution in [0.15, 0.2) is 31.0 Å². The molecule has 19 heavy (non-hydrogen) atoms. The number of unbranched alkanes of at least 4 members (excludes halogenated alkanes) is 2. The standard InChI is InChI=1S/C14H21N5/c1-3-4-5-7-12(2)18-13-8-6-9-16-14(13)19-11-15-10-17-19/h6,8-12,18H,3-5,7H2,1-2H3. The van der Waals surface area contributed by atoms with E-state index in [4.69, 9.17) is 0 Å². The van der Waals surface area contributed by atoms with Gasteiger partial charge in [-0.15, -0.1) is 0 Å². The molecule has 0 aliphatic rings. The van der Waals surface area contributed by atoms with Crippen LogP contribution in [0, 0.1) is 0 Å². The minimum absolute atomic E-state index is 0.429. The average Bonchev–Trinajstić information content (AvgIpc) is 2.93. The van der Waals surface area contributed by atoms with Crippen molar-refractivity contribution < 1.29 is 0 Å². The number of anilines is 1. The molecule has 0 amide bonds. The number of nitrogens with one attached hydrogen (secondary N) is 1. The van der Waals surface area contributed by atoms with Gasteiger partial charge in [0.05, 0.1) is 5.69 Å². The highest BCUT2D eigenvalue weighted by Crippen LogP contribution is 2.18. The van der Waals surface area contributed by atoms with E-state index in [-0.39, 0.29) is 0 Å². The lowest BCUT2D eigenvalue weighted by molar-refractivity contribution is 0.614. The summed E-state index contributed by atoms with van der Waals surface area (Å²) in [4.78, 5) is 8.33. The molecule has 2 heterocycles. The van der Waals surface area contributed by atoms with E-state index in [0.717, 1.165) is 11.5 Å². The second kappa shape index (κ2) is 6.87. The van der Waals surface area contributed by atoms with Gasteiger partial charge in [0.1, 0.15) is 12.7 Å². The normalized spacial score (nSPS) is 12.3. The first-order valence-electron chi connectivity index (χ1n) is 6.87. The molecule has 2 aromatic rings. The van der Waals surface area contributed by atoms with Crippen molar-refractivity contribution in [3.8, 4) is 5.82 Å². The van der Waals surface area contributed by atoms with Gasteiger partial charge in [-0.3, -0.25) is 0 Å². The zero-order valence-corrected chi connectivity index (χ0v) is 11.6. The van der Waals surface area contributed by atoms with Gasteiger partial charge in [0.25, 0.3) is 0 Å². The van der Waals surface area contributed by atoms with Crippen molar-refractivity contribution in [1.29, 1.82) is 0 Å². The number of nitrogens with zero attached hydrogens (tertiary/aromatic N) is 4. The molecule has 5 nitrogen and oxygen atoms in total. The summed E-state index contributed by atoms with van der Waals surface area (Å²) < 4.78 is 1.68. The first-order chi connectivity index (χ1) is 9.31. The molecule has 1 unspecified atom stereocenters. The molecular weight excluding hydrogens is 238 g/mol. The predicted molar refractivity (Wildman–Crippen MR) is 76.4 cm³/mol. The van der Waals surface area contributed by atoms with Crippen molar-refractivity contribution in [1.82, 2.24) is 19.7 Å². The summed E-state index contributed by atoms with van der Waals surface area (Å²) in [5.41, 5.74) is 0.997. The van der Waals surface area contributed by atoms with Gasteiger partial charge in [-0.1, -0.05) is 26.2 Å². The minimum Gasteiger partial charge on any atom is -0.380 e. The molecule has 5 heteroatoms. The summed E-state index contributed by atoms with van der Waals surface area (Å²) in [6.45, 7) is 4.43. The molecule has 2 aromatic heterocycles. The number of hydrogen-bond acceptors (Lipinski definition) is 4. The summed E-state index contributed by atoms with van der Waals surface area (Å²) >= 11 is 0. The third kappa shape index (κ3) is 3.77. The molecule has 0 fully saturated rings. The second-order valence-electron chi connectivity index (χ2n) is 4.76. The SMILES string of the molecule is CCCCCC(C)Nc1cccnc1-n1cncn1. The lowest BCUT2D eigenvalue weighted by Crippen LogP contribution is -2.17. The third-order valence-electron chi connectivity index (χ3n) is 3.07. The highest BCUT2D eigenvalue weighted by atomic mass is 15.3. The van der Waals surface area contributed by atoms with Crippen LogP contribution in [0.4, 0.5) is 5.69 Å². The Morgan fingerprint density at radius 2 is 2.26 bits per heavy atom. The maximum absolute atomic E-state index is 4.37. The summed E-state index contributed by atoms with van der Waals surface area (Å²) in [7, 11) is 0. The van der Waals surface area contributed by atoms with Gasteiger partial charge < -0.3 is 5.32 Å². The number of hydrogen-bond donors (Lipinski definition) is 1. The molecule has 0 saturated heterocycles. The fourth-order valence-corrected chi connectivity index (χ4v) is 2.05. The van der Waals surface area contributed by atoms with Gasteiger partial charge in [-0.05, 0) is 25.5 Å². The Morgan fingerprint density at radius 3 is 3.00 bits per heavy atom. The fraction of sp³-hybridized carbons (Fsp3) is 0.500. The number of pyridine rings is 1. The molecule has 0 aliphatic carbocycles. The van der Waals surface area contributed by atoms with Crippen LogP contribution in [0.1, 0.15) is 39.5 Å². The van der Waals surface area contributed by atoms with Crippen molar-refractivity contribution in [3.63, 3.8) is 0 Å². The van der Waals surface area contributed by atoms with Gasteiger partial charge in [0.15, 0.2) is 5.82 Å². The van der Waals surface area contributed by atoms with E-state index >= 15 is 0 Å². The maximum Gasteiger partial charge on any atom is 0.178 e. The van der Waals surface area contributed by atoms with Crippen molar-refractivity contribution in [2.75, 3.05) is 5.32 Å². The molecule has 0 saturated carbocycles. The van der Waals surface area contributed by atoms with Crippen molar-refractivity contribution in [3.05, 3.63) is 31.0 Å². The second-order valence-corrected chi connectivity index (χ2v) is 4.76. The smallest absolute Gasteiger partial charge is 0.178 e. The van der Waals surface area contributed by atoms with E-state index in [9.17, 15) is 0 Å². The van der Waals surface area contributed by atoms with Crippen molar-refractivity contribution in [2.45, 2.75) is 45.6 Å². The van der Waals surface area contributed by atoms with E-state index in [2.05, 4.69) is 34.2 Å². The topological polar surface area (TPSA) is 55.6 Å². The van der Waals surface area contributed by atoms with Crippen LogP contribution < -0.4 is 5.32 Å². The van der Waals surface area contributed by atoms with Crippen LogP contribution in [-0.4, -0.2) is 25.8 Å². The highest BCUT2D eigenvalue weighted by Gasteiger charge is 2.09. The summed E-state index contributed by atoms with van der Waals surface area (Å²) in [6, 6.07) is 4.39. The Morgan fingerprint density at radius 1 is 1.37 bits per heavy atom. The zero-order valence-electron chi connectivity index (χ0n) is 11.6. The van der Waals surface area contributed by atoms with E-state index in [1.165, 1.54) is 32.0 Å². The largest absolute Gasteiger partial charge is 0.380 e. The Balaban J connectivity index is 2.04. The molecule has 1 atom stereocenters. The predicted octanol–water partition coefficient (Wildman–Crippen LogP) is 3.04. The lowest BCUT2D eigenvalue weighted by atomic mass is 10.1. The fourth-order valence-electron chi connectivity index (χ4n) is 2.05. The van der Waals surface area contributed by atoms with Crippen LogP contribution in [0.5, 0.6) is 0 Å². The van der Waals surface area contributed by atoms with Crippen LogP contribution in [-0.2, 0) is 0 Å². The Kier molecular flexibility index (Phi) is 4.89. The van der Waals surface area contributed by atoms with Crippen LogP contribution in [0.3, 0.4) is 0 Å². The van der Waals surface area contributed by atoms with Crippen molar-refractivity contribution >= 4 is 5.69 Å². The molecule has 0 spiro atoms. The summed E-state index contributed by atoms with van der Waals surface area (Å²) in [6.07, 6.45) is 9.91. The first-order valence-corrected chi connectivity index (χ1v) is 6.87. The molecule has 1 N–H and O–H groups in total. The van der Waals surface area contributed by atoms with E-state index in [1.807, 2.05) is 12.1 Å². The Hall–Kier alpha value is -1.91. The molecule has 0 aliphatic heterocycles. The van der Waals surface area contributed by atoms with Gasteiger partial charge in [0, 0.05) is 12.2 Å². The van der Waals surface area contributed by atoms with Gasteiger partial charge in [0.2, 0.25) is 0 Å². The minimum atomic E-state index is 0.429. The first kappa shape index (κ1) is 13.5. The van der Waals surface area contributed by atoms with Gasteiger partial charge >= 0.3 is 0 Å². The maximum atomic E-state index is 4.37. The quantitative estimate of drug-likeness (QED) is 0.776. The average molecular weight is 259 g/mol. The van der Waals surface area contributed by atoms with Crippen LogP contribution >= 0.6 is 0 Å². The van der Waals surface area contributed by atoms with Crippen LogP contribution in [0.2, 0.25) is 0 Å². The zero-order chi connectivity index (χ0) is 13.5. The molecule has 0 radical (unpaired) electrons. The third-order valence-corrected chi connectivity index (χ3v) is 3.07. The molecule has 102 valence electrons. The molecule has 2 rings (SSSR count). The van der Waals surface area contributed by atoms with E-state index in [1.54, 1.807) is 17.2 Å². The van der Waals surface area contributed by atoms with Crippen molar-refractivity contribution in [2.24, 2.45) is 0 Å². The summed E-state index contributed by atoms with van der Waals surface area (Å²) in [5.74, 6) is 0.794. The Labute approximate surface area is 114 Å². The number of aromatic nitrogens is 4. The van der Waals surface area contributed by atoms with Crippen LogP contribution in [0.25, 0.3) is 5.82 Å². The summed E-state index contributed by atoms with van der Waals surface area (Å²) in [5, 5.41) is 7.64. The van der Waals surface area contributed by atoms with Gasteiger partial charge in [-0.25, -0.2) is 14.6 Å². The lowest BCUT2D eigenvalue weighted by Gasteiger charge is -2.17. The van der Waals surface area contributed by atoms with Gasteiger partial charge in [-0.2, -0.15) is 5.10 Å². The molecule has 0 aromatic carbocycles. The molecular formula is C14H21N5. The van der Waals surface area contributed by atoms with E-state index < -0.39 is 0 Å². The highest BCUT2D eigenvalue weighted by molar-refractivity contribution is 5.56. The monoisotopic (exact) mass is 259 g/mol. The Bertz CT molecular complexity index is 480. The number of rotatable bonds is 7. The molecule has 0 bridgehead atoms.